The van der Waals surface area contributed by atoms with Crippen LogP contribution in [0.3, 0.4) is 0 Å². The summed E-state index contributed by atoms with van der Waals surface area (Å²) in [5.74, 6) is -14.8. The monoisotopic (exact) mass is 1990 g/mol. The number of carbonyl (C=O) groups excluding carboxylic acids is 15. The van der Waals surface area contributed by atoms with Gasteiger partial charge in [-0.3, -0.25) is 86.9 Å². The van der Waals surface area contributed by atoms with E-state index in [0.717, 1.165) is 24.8 Å². The number of nitrogens with two attached hydrogens (primary N) is 7. The number of Topliss-reactive ketones (excluding diaryl/α,β-unsaturated/α-hetero) is 7. The second kappa shape index (κ2) is 68.9. The number of ketones is 7. The molecule has 0 aliphatic heterocycles. The van der Waals surface area contributed by atoms with Gasteiger partial charge in [0.1, 0.15) is 11.8 Å². The molecule has 0 aliphatic carbocycles. The van der Waals surface area contributed by atoms with Crippen LogP contribution in [0.4, 0.5) is 0 Å². The number of rotatable bonds is 76. The highest BCUT2D eigenvalue weighted by atomic mass is 16.3. The van der Waals surface area contributed by atoms with Gasteiger partial charge in [-0.25, -0.2) is 15.0 Å². The van der Waals surface area contributed by atoms with Crippen LogP contribution in [0, 0.1) is 65.1 Å². The number of aromatic amines is 3. The number of nitrogens with zero attached hydrogens (tertiary/aromatic N) is 6. The van der Waals surface area contributed by atoms with E-state index in [4.69, 9.17) is 40.1 Å². The van der Waals surface area contributed by atoms with Gasteiger partial charge in [0, 0.05) is 156 Å². The molecule has 4 rings (SSSR count). The molecule has 794 valence electrons. The van der Waals surface area contributed by atoms with Crippen LogP contribution in [0.1, 0.15) is 305 Å². The van der Waals surface area contributed by atoms with E-state index < -0.39 is 168 Å². The number of carbonyl (C=O) groups is 15. The lowest BCUT2D eigenvalue weighted by Crippen LogP contribution is -2.50. The number of aliphatic imine (C=N–C) groups is 3. The lowest BCUT2D eigenvalue weighted by Gasteiger charge is -2.27. The molecule has 0 saturated heterocycles. The molecule has 1 aromatic carbocycles. The van der Waals surface area contributed by atoms with Crippen LogP contribution in [0.25, 0.3) is 0 Å². The summed E-state index contributed by atoms with van der Waals surface area (Å²) in [6.45, 7) is 23.0. The predicted molar refractivity (Wildman–Crippen MR) is 546 cm³/mol. The first-order chi connectivity index (χ1) is 67.4. The molecule has 3 aromatic heterocycles. The van der Waals surface area contributed by atoms with E-state index in [1.807, 2.05) is 34.6 Å². The zero-order chi connectivity index (χ0) is 106. The smallest absolute Gasteiger partial charge is 0.224 e. The topological polar surface area (TPSA) is 686 Å². The van der Waals surface area contributed by atoms with E-state index >= 15 is 0 Å². The maximum atomic E-state index is 14.8. The van der Waals surface area contributed by atoms with Crippen molar-refractivity contribution in [3.8, 4) is 5.75 Å². The summed E-state index contributed by atoms with van der Waals surface area (Å²) in [5, 5.41) is 39.7. The number of aliphatic hydroxyl groups excluding tert-OH is 1. The first-order valence-corrected chi connectivity index (χ1v) is 51.0. The fourth-order valence-corrected chi connectivity index (χ4v) is 16.8. The largest absolute Gasteiger partial charge is 0.508 e. The van der Waals surface area contributed by atoms with Crippen LogP contribution < -0.4 is 77.4 Å². The average Bonchev–Trinajstić information content (AvgIpc) is 1.84. The lowest BCUT2D eigenvalue weighted by molar-refractivity contribution is -0.136. The molecule has 0 radical (unpaired) electrons. The van der Waals surface area contributed by atoms with Crippen molar-refractivity contribution in [2.45, 2.75) is 351 Å². The SMILES string of the molecule is CCCCCCCCCCCCCCCC(=O)N[C@@H](Cc1cnc[nH]1)C(=O)C[C@H](C)C(=O)N[C@H](C(=O)C[C@@H](Cc1cnc[nH]1)C(=O)N[C@@H](C)C(=O)CC)C(C)C.CC[C@H](C)[C@H](CC(=O)[C@H](CO)NC(=O)[C@@H](CC(=O)[C@H](CC(C)C)NC(=O)[C@H](CCCN=C(N)N)CC(=O)[C@H](CCCN=C(N)N)NC(=O)[C@@H](CC(=O)[C@H](CCCN=C(N)N)NC(=O)[C@@H](C)Cc1ccc(O)cc1)Cc1cnc[nH]1)CC(C)C)C(N)=O. The number of unbranched alkanes of at least 4 members (excludes halogenated alkanes) is 12. The Bertz CT molecular complexity index is 4570. The molecule has 3 heterocycles. The first kappa shape index (κ1) is 124. The number of imidazole rings is 3. The molecule has 0 unspecified atom stereocenters. The number of aromatic hydroxyl groups is 1. The number of guanidine groups is 3. The molecule has 40 heteroatoms. The van der Waals surface area contributed by atoms with Crippen molar-refractivity contribution in [3.63, 3.8) is 0 Å². The fourth-order valence-electron chi connectivity index (χ4n) is 16.8. The van der Waals surface area contributed by atoms with Gasteiger partial charge in [0.15, 0.2) is 58.4 Å². The van der Waals surface area contributed by atoms with E-state index in [0.29, 0.717) is 36.3 Å². The Kier molecular flexibility index (Phi) is 60.2. The van der Waals surface area contributed by atoms with Crippen molar-refractivity contribution in [1.82, 2.24) is 67.1 Å². The third-order valence-corrected chi connectivity index (χ3v) is 25.4. The molecular formula is C102H169N23O17. The van der Waals surface area contributed by atoms with Crippen LogP contribution in [-0.4, -0.2) is 214 Å². The maximum Gasteiger partial charge on any atom is 0.224 e. The first-order valence-electron chi connectivity index (χ1n) is 51.0. The number of nitrogens with one attached hydrogen (secondary N) is 10. The summed E-state index contributed by atoms with van der Waals surface area (Å²) >= 11 is 0. The Morgan fingerprint density at radius 2 is 0.782 bits per heavy atom. The van der Waals surface area contributed by atoms with E-state index in [2.05, 4.69) is 89.0 Å². The van der Waals surface area contributed by atoms with Gasteiger partial charge < -0.3 is 103 Å². The predicted octanol–water partition coefficient (Wildman–Crippen LogP) is 7.23. The van der Waals surface area contributed by atoms with Crippen LogP contribution in [-0.2, 0) is 97.6 Å². The second-order valence-electron chi connectivity index (χ2n) is 39.1. The number of amides is 8. The number of phenols is 1. The Hall–Kier alpha value is -12.1. The van der Waals surface area contributed by atoms with E-state index in [9.17, 15) is 82.1 Å². The van der Waals surface area contributed by atoms with Gasteiger partial charge in [0.2, 0.25) is 47.3 Å². The Labute approximate surface area is 838 Å². The number of phenolic OH excluding ortho intramolecular Hbond substituents is 1. The number of H-pyrrole nitrogens is 3. The highest BCUT2D eigenvalue weighted by Crippen LogP contribution is 2.27. The molecule has 15 atom stereocenters. The molecule has 0 saturated carbocycles. The number of benzene rings is 1. The number of hydrogen-bond donors (Lipinski definition) is 19. The maximum absolute atomic E-state index is 14.8. The van der Waals surface area contributed by atoms with Crippen LogP contribution in [0.2, 0.25) is 0 Å². The summed E-state index contributed by atoms with van der Waals surface area (Å²) < 4.78 is 0. The lowest BCUT2D eigenvalue weighted by atomic mass is 9.85. The molecule has 142 heavy (non-hydrogen) atoms. The molecular weight excluding hydrogens is 1820 g/mol. The molecule has 4 aromatic rings. The van der Waals surface area contributed by atoms with Crippen LogP contribution in [0.15, 0.2) is 76.8 Å². The van der Waals surface area contributed by atoms with Crippen molar-refractivity contribution in [3.05, 3.63) is 84.5 Å². The van der Waals surface area contributed by atoms with E-state index in [1.54, 1.807) is 73.0 Å². The van der Waals surface area contributed by atoms with Crippen LogP contribution in [0.5, 0.6) is 5.75 Å². The van der Waals surface area contributed by atoms with Crippen molar-refractivity contribution in [1.29, 1.82) is 0 Å². The minimum absolute atomic E-state index is 0.0170. The standard InChI is InChI=1S/C59H98N16O11.C43H71N7O6/c1-8-35(6)43(52(60)82)29-51(81)47(31-76)75-55(85)39(22-33(2)3)27-50(80)46(23-34(4)5)74-54(84)38(12-9-19-68-57(61)62)26-48(78)45(14-11-21-70-59(65)66)73-56(86)40(25-41-30-67-32-71-41)28-49(79)44(13-10-20-69-58(63)64)72-53(83)36(7)24-37-15-17-42(77)18-16-37;1-7-9-10-11-12-13-14-15-16-17-18-19-20-21-40(54)49-36(25-35-27-45-29-47-35)38(52)22-31(5)42(55)50-41(30(3)4)39(53)24-33(23-34-26-44-28-46-34)43(56)48-32(6)37(51)8-2/h15-18,30,32-36,38-40,43-47,76-77H,8-14,19-29,31H2,1-7H3,(H2,60,82)(H,67,71)(H,72,83)(H,73,86)(H,74,84)(H,75,85)(H4,61,62,68)(H4,63,64,69)(H4,65,66,70);26-33,36,41H,7-25H2,1-6H3,(H,44,46)(H,45,47)(H,48,56)(H,49,54)(H,50,55)/t35-,36-,38+,39+,40+,43-,44-,45-,46-,47-;31-,32-,33+,36-,41-/m00/s1. The third-order valence-electron chi connectivity index (χ3n) is 25.4. The number of primary amides is 1. The zero-order valence-corrected chi connectivity index (χ0v) is 86.3. The summed E-state index contributed by atoms with van der Waals surface area (Å²) in [6.07, 6.45) is 25.9. The molecule has 8 amide bonds. The average molecular weight is 1990 g/mol. The molecule has 0 fully saturated rings. The van der Waals surface area contributed by atoms with Gasteiger partial charge in [-0.2, -0.15) is 0 Å². The van der Waals surface area contributed by atoms with Crippen molar-refractivity contribution >= 4 is 106 Å². The second-order valence-corrected chi connectivity index (χ2v) is 39.1. The quantitative estimate of drug-likeness (QED) is 0.0118. The number of hydrogen-bond acceptors (Lipinski definition) is 23. The number of aliphatic hydroxyl groups is 1. The minimum atomic E-state index is -1.38. The number of aromatic nitrogens is 6. The fraction of sp³-hybridized carbons (Fsp3) is 0.676. The Morgan fingerprint density at radius 1 is 0.380 bits per heavy atom. The van der Waals surface area contributed by atoms with Crippen molar-refractivity contribution in [2.75, 3.05) is 26.2 Å². The molecule has 0 spiro atoms. The Morgan fingerprint density at radius 3 is 1.23 bits per heavy atom. The van der Waals surface area contributed by atoms with Gasteiger partial charge in [0.05, 0.1) is 73.7 Å². The van der Waals surface area contributed by atoms with Crippen LogP contribution >= 0.6 is 0 Å². The highest BCUT2D eigenvalue weighted by Gasteiger charge is 2.39. The molecule has 40 nitrogen and oxygen atoms in total. The van der Waals surface area contributed by atoms with E-state index in [1.165, 1.54) is 102 Å². The summed E-state index contributed by atoms with van der Waals surface area (Å²) in [5.41, 5.74) is 41.8. The third kappa shape index (κ3) is 51.0. The molecule has 26 N–H and O–H groups in total. The van der Waals surface area contributed by atoms with Crippen molar-refractivity contribution in [2.24, 2.45) is 120 Å². The van der Waals surface area contributed by atoms with Gasteiger partial charge in [-0.1, -0.05) is 179 Å². The minimum Gasteiger partial charge on any atom is -0.508 e. The van der Waals surface area contributed by atoms with Gasteiger partial charge in [-0.05, 0) is 112 Å². The summed E-state index contributed by atoms with van der Waals surface area (Å²) in [7, 11) is 0. The normalized spacial score (nSPS) is 14.5. The summed E-state index contributed by atoms with van der Waals surface area (Å²) in [6, 6.07) is -0.960. The molecule has 0 bridgehead atoms. The van der Waals surface area contributed by atoms with Gasteiger partial charge >= 0.3 is 0 Å². The zero-order valence-electron chi connectivity index (χ0n) is 86.3. The Balaban J connectivity index is 0.000000798. The van der Waals surface area contributed by atoms with Gasteiger partial charge in [-0.15, -0.1) is 0 Å². The summed E-state index contributed by atoms with van der Waals surface area (Å²) in [4.78, 5) is 239. The van der Waals surface area contributed by atoms with E-state index in [-0.39, 0.29) is 193 Å². The molecule has 0 aliphatic rings. The highest BCUT2D eigenvalue weighted by molar-refractivity contribution is 6.00. The van der Waals surface area contributed by atoms with Gasteiger partial charge in [0.25, 0.3) is 0 Å². The van der Waals surface area contributed by atoms with Crippen molar-refractivity contribution < 1.29 is 82.1 Å².